The van der Waals surface area contributed by atoms with Crippen LogP contribution in [0, 0.1) is 30.6 Å². The minimum Gasteiger partial charge on any atom is -0.483 e. The SMILES string of the molecule is Cc1ccc(NC(=O)COc2ccc3ccccc3c2C=NN2C(=O)[C@@H]3[C@H](C2=O)[C@H]2C=C[C@H]3C2)cc1. The fraction of sp³-hybridized carbons (Fsp3) is 0.241. The summed E-state index contributed by atoms with van der Waals surface area (Å²) in [5.74, 6) is -0.693. The van der Waals surface area contributed by atoms with E-state index >= 15 is 0 Å². The van der Waals surface area contributed by atoms with Crippen LogP contribution in [-0.2, 0) is 14.4 Å². The molecule has 3 amide bonds. The lowest BCUT2D eigenvalue weighted by Gasteiger charge is -2.14. The predicted molar refractivity (Wildman–Crippen MR) is 136 cm³/mol. The number of amides is 3. The van der Waals surface area contributed by atoms with Gasteiger partial charge < -0.3 is 10.1 Å². The molecule has 3 aromatic carbocycles. The molecule has 2 aliphatic carbocycles. The second-order valence-electron chi connectivity index (χ2n) is 9.63. The standard InChI is InChI=1S/C29H25N3O4/c1-17-6-11-21(12-7-17)31-25(33)16-36-24-13-10-18-4-2-3-5-22(18)23(24)15-30-32-28(34)26-19-8-9-20(14-19)27(26)29(32)35/h2-13,15,19-20,26-27H,14,16H2,1H3,(H,31,33)/t19-,20-,26-,27+/m0/s1. The number of nitrogens with one attached hydrogen (secondary N) is 1. The Labute approximate surface area is 208 Å². The summed E-state index contributed by atoms with van der Waals surface area (Å²) in [7, 11) is 0. The number of aryl methyl sites for hydroxylation is 1. The maximum absolute atomic E-state index is 13.0. The van der Waals surface area contributed by atoms with Crippen LogP contribution in [0.2, 0.25) is 0 Å². The smallest absolute Gasteiger partial charge is 0.262 e. The van der Waals surface area contributed by atoms with Crippen molar-refractivity contribution in [3.05, 3.63) is 83.9 Å². The number of nitrogens with zero attached hydrogens (tertiary/aromatic N) is 2. The highest BCUT2D eigenvalue weighted by atomic mass is 16.5. The monoisotopic (exact) mass is 479 g/mol. The van der Waals surface area contributed by atoms with Gasteiger partial charge in [-0.15, -0.1) is 0 Å². The Hall–Kier alpha value is -4.26. The number of carbonyl (C=O) groups excluding carboxylic acids is 3. The molecule has 36 heavy (non-hydrogen) atoms. The zero-order chi connectivity index (χ0) is 24.8. The Balaban J connectivity index is 1.24. The fourth-order valence-electron chi connectivity index (χ4n) is 5.63. The molecule has 0 aromatic heterocycles. The van der Waals surface area contributed by atoms with Gasteiger partial charge in [0.1, 0.15) is 5.75 Å². The number of ether oxygens (including phenoxy) is 1. The molecule has 7 heteroatoms. The predicted octanol–water partition coefficient (Wildman–Crippen LogP) is 4.31. The van der Waals surface area contributed by atoms with Gasteiger partial charge in [-0.2, -0.15) is 10.1 Å². The zero-order valence-electron chi connectivity index (χ0n) is 19.8. The van der Waals surface area contributed by atoms with E-state index in [0.717, 1.165) is 27.8 Å². The first-order valence-corrected chi connectivity index (χ1v) is 12.1. The molecule has 6 rings (SSSR count). The lowest BCUT2D eigenvalue weighted by molar-refractivity contribution is -0.140. The molecule has 7 nitrogen and oxygen atoms in total. The number of anilines is 1. The molecule has 2 bridgehead atoms. The number of hydrogen-bond acceptors (Lipinski definition) is 5. The van der Waals surface area contributed by atoms with Gasteiger partial charge in [-0.25, -0.2) is 0 Å². The van der Waals surface area contributed by atoms with E-state index in [2.05, 4.69) is 22.6 Å². The summed E-state index contributed by atoms with van der Waals surface area (Å²) in [6, 6.07) is 18.9. The highest BCUT2D eigenvalue weighted by molar-refractivity contribution is 6.08. The highest BCUT2D eigenvalue weighted by Crippen LogP contribution is 2.52. The molecule has 1 saturated heterocycles. The molecule has 4 atom stereocenters. The summed E-state index contributed by atoms with van der Waals surface area (Å²) in [5.41, 5.74) is 2.40. The minimum absolute atomic E-state index is 0.125. The van der Waals surface area contributed by atoms with Crippen molar-refractivity contribution in [2.75, 3.05) is 11.9 Å². The first-order valence-electron chi connectivity index (χ1n) is 12.1. The molecule has 0 spiro atoms. The van der Waals surface area contributed by atoms with Crippen LogP contribution >= 0.6 is 0 Å². The molecule has 3 aliphatic rings. The molecule has 1 aliphatic heterocycles. The second-order valence-corrected chi connectivity index (χ2v) is 9.63. The molecule has 0 radical (unpaired) electrons. The topological polar surface area (TPSA) is 88.1 Å². The number of allylic oxidation sites excluding steroid dienone is 2. The highest BCUT2D eigenvalue weighted by Gasteiger charge is 2.59. The van der Waals surface area contributed by atoms with Gasteiger partial charge in [-0.3, -0.25) is 14.4 Å². The van der Waals surface area contributed by atoms with Crippen molar-refractivity contribution in [1.82, 2.24) is 5.01 Å². The van der Waals surface area contributed by atoms with Gasteiger partial charge in [-0.1, -0.05) is 60.2 Å². The van der Waals surface area contributed by atoms with Gasteiger partial charge in [0.25, 0.3) is 17.7 Å². The van der Waals surface area contributed by atoms with Gasteiger partial charge in [0.2, 0.25) is 0 Å². The number of carbonyl (C=O) groups is 3. The summed E-state index contributed by atoms with van der Waals surface area (Å²) in [6.07, 6.45) is 6.49. The zero-order valence-corrected chi connectivity index (χ0v) is 19.8. The van der Waals surface area contributed by atoms with Crippen LogP contribution in [0.25, 0.3) is 10.8 Å². The molecule has 1 saturated carbocycles. The van der Waals surface area contributed by atoms with E-state index in [1.165, 1.54) is 6.21 Å². The van der Waals surface area contributed by atoms with Crippen molar-refractivity contribution in [2.24, 2.45) is 28.8 Å². The van der Waals surface area contributed by atoms with Crippen LogP contribution in [0.15, 0.2) is 77.9 Å². The number of imide groups is 1. The summed E-state index contributed by atoms with van der Waals surface area (Å²) < 4.78 is 5.89. The normalized spacial score (nSPS) is 24.2. The van der Waals surface area contributed by atoms with Gasteiger partial charge in [0.05, 0.1) is 18.1 Å². The van der Waals surface area contributed by atoms with Crippen molar-refractivity contribution < 1.29 is 19.1 Å². The average molecular weight is 480 g/mol. The van der Waals surface area contributed by atoms with Crippen molar-refractivity contribution in [1.29, 1.82) is 0 Å². The number of benzene rings is 3. The van der Waals surface area contributed by atoms with Crippen molar-refractivity contribution >= 4 is 40.4 Å². The third kappa shape index (κ3) is 3.77. The number of hydrazone groups is 1. The van der Waals surface area contributed by atoms with E-state index in [9.17, 15) is 14.4 Å². The largest absolute Gasteiger partial charge is 0.483 e. The van der Waals surface area contributed by atoms with Crippen LogP contribution in [0.1, 0.15) is 17.5 Å². The molecule has 1 heterocycles. The van der Waals surface area contributed by atoms with E-state index < -0.39 is 0 Å². The maximum Gasteiger partial charge on any atom is 0.262 e. The van der Waals surface area contributed by atoms with Crippen LogP contribution in [0.4, 0.5) is 5.69 Å². The average Bonchev–Trinajstić information content (AvgIpc) is 3.57. The van der Waals surface area contributed by atoms with Gasteiger partial charge in [0.15, 0.2) is 6.61 Å². The van der Waals surface area contributed by atoms with Crippen LogP contribution in [-0.4, -0.2) is 35.6 Å². The van der Waals surface area contributed by atoms with Crippen LogP contribution in [0.5, 0.6) is 5.75 Å². The second kappa shape index (κ2) is 8.75. The third-order valence-electron chi connectivity index (χ3n) is 7.37. The number of rotatable bonds is 6. The summed E-state index contributed by atoms with van der Waals surface area (Å²) >= 11 is 0. The molecular formula is C29H25N3O4. The third-order valence-corrected chi connectivity index (χ3v) is 7.37. The Kier molecular flexibility index (Phi) is 5.40. The lowest BCUT2D eigenvalue weighted by Crippen LogP contribution is -2.28. The Morgan fingerprint density at radius 3 is 2.42 bits per heavy atom. The molecule has 0 unspecified atom stereocenters. The van der Waals surface area contributed by atoms with E-state index in [-0.39, 0.29) is 48.0 Å². The van der Waals surface area contributed by atoms with Crippen molar-refractivity contribution in [2.45, 2.75) is 13.3 Å². The molecule has 180 valence electrons. The van der Waals surface area contributed by atoms with Gasteiger partial charge in [-0.05, 0) is 54.2 Å². The maximum atomic E-state index is 13.0. The number of fused-ring (bicyclic) bond motifs is 6. The lowest BCUT2D eigenvalue weighted by atomic mass is 9.85. The van der Waals surface area contributed by atoms with Gasteiger partial charge in [0, 0.05) is 11.3 Å². The minimum atomic E-state index is -0.307. The summed E-state index contributed by atoms with van der Waals surface area (Å²) in [5, 5.41) is 9.99. The van der Waals surface area contributed by atoms with E-state index in [0.29, 0.717) is 17.0 Å². The Bertz CT molecular complexity index is 1410. The molecule has 2 fully saturated rings. The Morgan fingerprint density at radius 1 is 1.00 bits per heavy atom. The van der Waals surface area contributed by atoms with Crippen LogP contribution in [0.3, 0.4) is 0 Å². The molecular weight excluding hydrogens is 454 g/mol. The summed E-state index contributed by atoms with van der Waals surface area (Å²) in [4.78, 5) is 38.6. The van der Waals surface area contributed by atoms with Crippen molar-refractivity contribution in [3.8, 4) is 5.75 Å². The Morgan fingerprint density at radius 2 is 1.69 bits per heavy atom. The fourth-order valence-corrected chi connectivity index (χ4v) is 5.63. The van der Waals surface area contributed by atoms with Gasteiger partial charge >= 0.3 is 0 Å². The first kappa shape index (κ1) is 22.2. The van der Waals surface area contributed by atoms with E-state index in [4.69, 9.17) is 4.74 Å². The van der Waals surface area contributed by atoms with E-state index in [1.54, 1.807) is 6.07 Å². The van der Waals surface area contributed by atoms with E-state index in [1.807, 2.05) is 61.5 Å². The number of hydrogen-bond donors (Lipinski definition) is 1. The van der Waals surface area contributed by atoms with Crippen molar-refractivity contribution in [3.63, 3.8) is 0 Å². The van der Waals surface area contributed by atoms with Crippen LogP contribution < -0.4 is 10.1 Å². The quantitative estimate of drug-likeness (QED) is 0.324. The first-order chi connectivity index (χ1) is 17.5. The molecule has 3 aromatic rings. The summed E-state index contributed by atoms with van der Waals surface area (Å²) in [6.45, 7) is 1.78. The molecule has 1 N–H and O–H groups in total.